The van der Waals surface area contributed by atoms with Gasteiger partial charge < -0.3 is 15.1 Å². The van der Waals surface area contributed by atoms with Crippen molar-refractivity contribution in [3.8, 4) is 0 Å². The van der Waals surface area contributed by atoms with Gasteiger partial charge in [0.05, 0.1) is 0 Å². The normalized spacial score (nSPS) is 26.2. The minimum Gasteiger partial charge on any atom is -0.322 e. The molecule has 0 spiro atoms. The molecule has 0 saturated carbocycles. The molecule has 0 aromatic heterocycles. The van der Waals surface area contributed by atoms with Crippen molar-refractivity contribution in [3.63, 3.8) is 0 Å². The number of hydrogen-bond donors (Lipinski definition) is 1. The molecule has 2 heterocycles. The molecule has 1 unspecified atom stereocenters. The number of carbonyl (C=O) groups is 1. The van der Waals surface area contributed by atoms with Crippen LogP contribution in [-0.4, -0.2) is 80.1 Å². The van der Waals surface area contributed by atoms with Gasteiger partial charge in [-0.25, -0.2) is 13.2 Å². The Morgan fingerprint density at radius 3 is 2.56 bits per heavy atom. The number of carbonyl (C=O) groups excluding carboxylic acids is 1. The van der Waals surface area contributed by atoms with Gasteiger partial charge in [-0.15, -0.1) is 0 Å². The number of piperazine rings is 1. The fourth-order valence-corrected chi connectivity index (χ4v) is 5.00. The molecular weight excluding hydrogens is 274 g/mol. The van der Waals surface area contributed by atoms with E-state index in [4.69, 9.17) is 0 Å². The first kappa shape index (κ1) is 14.0. The molecule has 2 aliphatic heterocycles. The molecule has 2 fully saturated rings. The number of rotatable bonds is 1. The van der Waals surface area contributed by atoms with E-state index < -0.39 is 15.2 Å². The summed E-state index contributed by atoms with van der Waals surface area (Å²) in [5.41, 5.74) is 0. The molecule has 18 heavy (non-hydrogen) atoms. The summed E-state index contributed by atoms with van der Waals surface area (Å²) < 4.78 is 23.5. The lowest BCUT2D eigenvalue weighted by Crippen LogP contribution is -2.57. The van der Waals surface area contributed by atoms with Gasteiger partial charge in [-0.3, -0.25) is 0 Å². The Balaban J connectivity index is 2.10. The molecule has 0 aliphatic carbocycles. The maximum atomic E-state index is 12.4. The van der Waals surface area contributed by atoms with Crippen molar-refractivity contribution in [1.29, 1.82) is 0 Å². The highest BCUT2D eigenvalue weighted by Gasteiger charge is 2.36. The second-order valence-corrected chi connectivity index (χ2v) is 7.93. The highest BCUT2D eigenvalue weighted by molar-refractivity contribution is 8.00. The maximum absolute atomic E-state index is 12.4. The van der Waals surface area contributed by atoms with E-state index in [-0.39, 0.29) is 6.03 Å². The molecule has 0 bridgehead atoms. The fraction of sp³-hybridized carbons (Fsp3) is 0.900. The summed E-state index contributed by atoms with van der Waals surface area (Å²) in [6.07, 6.45) is 1.21. The maximum Gasteiger partial charge on any atom is 0.321 e. The van der Waals surface area contributed by atoms with Crippen LogP contribution in [0.3, 0.4) is 0 Å². The first-order valence-corrected chi connectivity index (χ1v) is 9.14. The quantitative estimate of drug-likeness (QED) is 0.701. The number of nitrogens with one attached hydrogen (secondary N) is 1. The van der Waals surface area contributed by atoms with Crippen molar-refractivity contribution in [3.05, 3.63) is 0 Å². The molecular formula is C10H19N3O3S2. The van der Waals surface area contributed by atoms with Crippen LogP contribution in [0.25, 0.3) is 0 Å². The summed E-state index contributed by atoms with van der Waals surface area (Å²) in [5, 5.41) is 2.51. The number of nitrogens with zero attached hydrogens (tertiary/aromatic N) is 2. The topological polar surface area (TPSA) is 69.7 Å². The van der Waals surface area contributed by atoms with Crippen LogP contribution >= 0.6 is 11.8 Å². The molecule has 2 rings (SSSR count). The standard InChI is InChI=1S/C10H19N3O3S2/c1-18(15,16)9-8-17-7-6-13(9)10(14)12-4-2-11-3-5-12/h9,11H,2-8H2,1H3. The van der Waals surface area contributed by atoms with Crippen molar-refractivity contribution < 1.29 is 13.2 Å². The highest BCUT2D eigenvalue weighted by atomic mass is 32.2. The van der Waals surface area contributed by atoms with Gasteiger partial charge in [0.15, 0.2) is 9.84 Å². The Morgan fingerprint density at radius 2 is 1.94 bits per heavy atom. The molecule has 2 saturated heterocycles. The lowest BCUT2D eigenvalue weighted by Gasteiger charge is -2.39. The number of urea groups is 1. The predicted octanol–water partition coefficient (Wildman–Crippen LogP) is -0.569. The Kier molecular flexibility index (Phi) is 4.39. The van der Waals surface area contributed by atoms with E-state index in [1.54, 1.807) is 16.7 Å². The molecule has 6 nitrogen and oxygen atoms in total. The second kappa shape index (κ2) is 5.66. The molecule has 1 N–H and O–H groups in total. The Labute approximate surface area is 112 Å². The predicted molar refractivity (Wildman–Crippen MR) is 72.5 cm³/mol. The third-order valence-electron chi connectivity index (χ3n) is 3.21. The first-order valence-electron chi connectivity index (χ1n) is 6.03. The first-order chi connectivity index (χ1) is 8.50. The van der Waals surface area contributed by atoms with Crippen LogP contribution < -0.4 is 5.32 Å². The van der Waals surface area contributed by atoms with E-state index in [1.807, 2.05) is 0 Å². The minimum absolute atomic E-state index is 0.132. The van der Waals surface area contributed by atoms with Crippen LogP contribution in [0.4, 0.5) is 4.79 Å². The molecule has 0 aromatic rings. The van der Waals surface area contributed by atoms with Crippen LogP contribution in [0.15, 0.2) is 0 Å². The summed E-state index contributed by atoms with van der Waals surface area (Å²) in [4.78, 5) is 15.6. The van der Waals surface area contributed by atoms with Crippen molar-refractivity contribution in [2.75, 3.05) is 50.5 Å². The fourth-order valence-electron chi connectivity index (χ4n) is 2.19. The van der Waals surface area contributed by atoms with Crippen molar-refractivity contribution in [2.45, 2.75) is 5.37 Å². The second-order valence-electron chi connectivity index (χ2n) is 4.57. The van der Waals surface area contributed by atoms with Gasteiger partial charge >= 0.3 is 6.03 Å². The lowest BCUT2D eigenvalue weighted by atomic mass is 10.4. The van der Waals surface area contributed by atoms with Gasteiger partial charge in [0.2, 0.25) is 0 Å². The Hall–Kier alpha value is -0.470. The van der Waals surface area contributed by atoms with Gasteiger partial charge in [-0.2, -0.15) is 11.8 Å². The van der Waals surface area contributed by atoms with E-state index in [1.165, 1.54) is 11.2 Å². The van der Waals surface area contributed by atoms with Crippen molar-refractivity contribution >= 4 is 27.6 Å². The zero-order valence-electron chi connectivity index (χ0n) is 10.5. The average molecular weight is 293 g/mol. The zero-order valence-corrected chi connectivity index (χ0v) is 12.1. The van der Waals surface area contributed by atoms with E-state index in [9.17, 15) is 13.2 Å². The van der Waals surface area contributed by atoms with Crippen molar-refractivity contribution in [2.24, 2.45) is 0 Å². The Bertz CT molecular complexity index is 407. The van der Waals surface area contributed by atoms with Gasteiger partial charge in [-0.05, 0) is 0 Å². The number of hydrogen-bond acceptors (Lipinski definition) is 5. The largest absolute Gasteiger partial charge is 0.322 e. The zero-order chi connectivity index (χ0) is 13.2. The van der Waals surface area contributed by atoms with E-state index in [0.717, 1.165) is 18.8 Å². The average Bonchev–Trinajstić information content (AvgIpc) is 2.38. The van der Waals surface area contributed by atoms with Crippen LogP contribution in [0.2, 0.25) is 0 Å². The number of thioether (sulfide) groups is 1. The molecule has 2 amide bonds. The van der Waals surface area contributed by atoms with Crippen LogP contribution in [0, 0.1) is 0 Å². The van der Waals surface area contributed by atoms with Crippen LogP contribution in [0.1, 0.15) is 0 Å². The summed E-state index contributed by atoms with van der Waals surface area (Å²) in [6, 6.07) is -0.132. The summed E-state index contributed by atoms with van der Waals surface area (Å²) in [5.74, 6) is 1.29. The molecule has 1 atom stereocenters. The van der Waals surface area contributed by atoms with E-state index in [2.05, 4.69) is 5.32 Å². The van der Waals surface area contributed by atoms with Crippen LogP contribution in [-0.2, 0) is 9.84 Å². The molecule has 104 valence electrons. The minimum atomic E-state index is -3.22. The third kappa shape index (κ3) is 3.10. The monoisotopic (exact) mass is 293 g/mol. The summed E-state index contributed by atoms with van der Waals surface area (Å²) >= 11 is 1.59. The van der Waals surface area contributed by atoms with E-state index >= 15 is 0 Å². The lowest BCUT2D eigenvalue weighted by molar-refractivity contribution is 0.145. The van der Waals surface area contributed by atoms with Gasteiger partial charge in [0.1, 0.15) is 5.37 Å². The summed E-state index contributed by atoms with van der Waals surface area (Å²) in [7, 11) is -3.22. The number of sulfone groups is 1. The van der Waals surface area contributed by atoms with Gasteiger partial charge in [-0.1, -0.05) is 0 Å². The van der Waals surface area contributed by atoms with E-state index in [0.29, 0.717) is 25.4 Å². The SMILES string of the molecule is CS(=O)(=O)C1CSCCN1C(=O)N1CCNCC1. The molecule has 2 aliphatic rings. The number of amides is 2. The molecule has 0 aromatic carbocycles. The van der Waals surface area contributed by atoms with Crippen LogP contribution in [0.5, 0.6) is 0 Å². The summed E-state index contributed by atoms with van der Waals surface area (Å²) in [6.45, 7) is 3.37. The van der Waals surface area contributed by atoms with Gasteiger partial charge in [0.25, 0.3) is 0 Å². The smallest absolute Gasteiger partial charge is 0.321 e. The third-order valence-corrected chi connectivity index (χ3v) is 5.86. The highest BCUT2D eigenvalue weighted by Crippen LogP contribution is 2.21. The Morgan fingerprint density at radius 1 is 1.28 bits per heavy atom. The molecule has 8 heteroatoms. The van der Waals surface area contributed by atoms with Gasteiger partial charge in [0, 0.05) is 50.5 Å². The molecule has 0 radical (unpaired) electrons. The van der Waals surface area contributed by atoms with Crippen molar-refractivity contribution in [1.82, 2.24) is 15.1 Å².